The number of hydrogen-bond acceptors (Lipinski definition) is 3. The van der Waals surface area contributed by atoms with E-state index in [1.807, 2.05) is 0 Å². The Bertz CT molecular complexity index is 418. The SMILES string of the molecule is CCOC=CC(=O)Nc1cccc(F)c1OC. The summed E-state index contributed by atoms with van der Waals surface area (Å²) in [5, 5.41) is 2.49. The normalized spacial score (nSPS) is 10.3. The van der Waals surface area contributed by atoms with Crippen LogP contribution in [0.5, 0.6) is 5.75 Å². The highest BCUT2D eigenvalue weighted by Gasteiger charge is 2.09. The number of amides is 1. The maximum Gasteiger partial charge on any atom is 0.251 e. The number of anilines is 1. The molecule has 0 saturated heterocycles. The molecule has 0 heterocycles. The van der Waals surface area contributed by atoms with Crippen LogP contribution in [0.1, 0.15) is 6.92 Å². The maximum atomic E-state index is 13.3. The van der Waals surface area contributed by atoms with E-state index >= 15 is 0 Å². The molecule has 0 saturated carbocycles. The number of methoxy groups -OCH3 is 1. The van der Waals surface area contributed by atoms with Crippen molar-refractivity contribution in [1.29, 1.82) is 0 Å². The summed E-state index contributed by atoms with van der Waals surface area (Å²) in [4.78, 5) is 11.4. The van der Waals surface area contributed by atoms with Gasteiger partial charge in [0.2, 0.25) is 0 Å². The summed E-state index contributed by atoms with van der Waals surface area (Å²) in [5.74, 6) is -0.938. The van der Waals surface area contributed by atoms with Gasteiger partial charge in [-0.2, -0.15) is 0 Å². The average molecular weight is 239 g/mol. The Hall–Kier alpha value is -2.04. The van der Waals surface area contributed by atoms with Crippen LogP contribution < -0.4 is 10.1 Å². The molecule has 0 aliphatic rings. The van der Waals surface area contributed by atoms with Crippen molar-refractivity contribution >= 4 is 11.6 Å². The average Bonchev–Trinajstić information content (AvgIpc) is 2.29. The molecule has 0 radical (unpaired) electrons. The van der Waals surface area contributed by atoms with Crippen molar-refractivity contribution in [3.8, 4) is 5.75 Å². The fourth-order valence-corrected chi connectivity index (χ4v) is 1.20. The predicted molar refractivity (Wildman–Crippen MR) is 62.3 cm³/mol. The number of nitrogens with one attached hydrogen (secondary N) is 1. The summed E-state index contributed by atoms with van der Waals surface area (Å²) < 4.78 is 23.0. The highest BCUT2D eigenvalue weighted by molar-refractivity contribution is 6.00. The second-order valence-electron chi connectivity index (χ2n) is 3.07. The monoisotopic (exact) mass is 239 g/mol. The topological polar surface area (TPSA) is 47.6 Å². The van der Waals surface area contributed by atoms with E-state index in [9.17, 15) is 9.18 Å². The molecule has 0 aromatic heterocycles. The fraction of sp³-hybridized carbons (Fsp3) is 0.250. The summed E-state index contributed by atoms with van der Waals surface area (Å²) in [6, 6.07) is 4.29. The number of ether oxygens (including phenoxy) is 2. The van der Waals surface area contributed by atoms with E-state index in [2.05, 4.69) is 5.32 Å². The van der Waals surface area contributed by atoms with E-state index in [0.717, 1.165) is 0 Å². The van der Waals surface area contributed by atoms with Crippen molar-refractivity contribution in [1.82, 2.24) is 0 Å². The van der Waals surface area contributed by atoms with Crippen LogP contribution in [0, 0.1) is 5.82 Å². The minimum atomic E-state index is -0.529. The van der Waals surface area contributed by atoms with E-state index in [1.165, 1.54) is 31.6 Å². The Labute approximate surface area is 99.0 Å². The zero-order chi connectivity index (χ0) is 12.7. The Morgan fingerprint density at radius 2 is 2.29 bits per heavy atom. The van der Waals surface area contributed by atoms with Gasteiger partial charge in [-0.05, 0) is 19.1 Å². The third-order valence-electron chi connectivity index (χ3n) is 1.91. The van der Waals surface area contributed by atoms with Crippen LogP contribution in [-0.2, 0) is 9.53 Å². The number of carbonyl (C=O) groups is 1. The van der Waals surface area contributed by atoms with Gasteiger partial charge in [0.15, 0.2) is 11.6 Å². The van der Waals surface area contributed by atoms with E-state index in [4.69, 9.17) is 9.47 Å². The lowest BCUT2D eigenvalue weighted by molar-refractivity contribution is -0.112. The summed E-state index contributed by atoms with van der Waals surface area (Å²) >= 11 is 0. The first-order valence-corrected chi connectivity index (χ1v) is 5.10. The zero-order valence-corrected chi connectivity index (χ0v) is 9.70. The first kappa shape index (κ1) is 13.0. The van der Waals surface area contributed by atoms with E-state index < -0.39 is 11.7 Å². The van der Waals surface area contributed by atoms with Crippen molar-refractivity contribution in [2.45, 2.75) is 6.92 Å². The molecule has 1 rings (SSSR count). The van der Waals surface area contributed by atoms with Crippen LogP contribution >= 0.6 is 0 Å². The molecular weight excluding hydrogens is 225 g/mol. The second-order valence-corrected chi connectivity index (χ2v) is 3.07. The molecule has 0 spiro atoms. The lowest BCUT2D eigenvalue weighted by Gasteiger charge is -2.09. The Balaban J connectivity index is 2.74. The Kier molecular flexibility index (Phi) is 5.00. The van der Waals surface area contributed by atoms with Crippen LogP contribution in [0.2, 0.25) is 0 Å². The van der Waals surface area contributed by atoms with Gasteiger partial charge in [0.05, 0.1) is 25.7 Å². The third-order valence-corrected chi connectivity index (χ3v) is 1.91. The molecule has 0 aliphatic heterocycles. The smallest absolute Gasteiger partial charge is 0.251 e. The molecule has 5 heteroatoms. The summed E-state index contributed by atoms with van der Waals surface area (Å²) in [6.07, 6.45) is 2.49. The van der Waals surface area contributed by atoms with Crippen LogP contribution in [-0.4, -0.2) is 19.6 Å². The maximum absolute atomic E-state index is 13.3. The number of halogens is 1. The van der Waals surface area contributed by atoms with Crippen LogP contribution in [0.15, 0.2) is 30.5 Å². The van der Waals surface area contributed by atoms with Gasteiger partial charge in [-0.3, -0.25) is 4.79 Å². The molecule has 1 amide bonds. The predicted octanol–water partition coefficient (Wildman–Crippen LogP) is 2.32. The Morgan fingerprint density at radius 1 is 1.53 bits per heavy atom. The quantitative estimate of drug-likeness (QED) is 0.633. The van der Waals surface area contributed by atoms with Gasteiger partial charge in [0, 0.05) is 6.08 Å². The minimum Gasteiger partial charge on any atom is -0.501 e. The summed E-state index contributed by atoms with van der Waals surface area (Å²) in [5.41, 5.74) is 0.277. The highest BCUT2D eigenvalue weighted by Crippen LogP contribution is 2.26. The first-order valence-electron chi connectivity index (χ1n) is 5.10. The van der Waals surface area contributed by atoms with Gasteiger partial charge in [0.25, 0.3) is 5.91 Å². The number of rotatable bonds is 5. The molecule has 1 aromatic carbocycles. The Morgan fingerprint density at radius 3 is 2.94 bits per heavy atom. The van der Waals surface area contributed by atoms with Crippen molar-refractivity contribution < 1.29 is 18.7 Å². The standard InChI is InChI=1S/C12H14FNO3/c1-3-17-8-7-11(15)14-10-6-4-5-9(13)12(10)16-2/h4-8H,3H2,1-2H3,(H,14,15). The molecule has 0 aliphatic carbocycles. The lowest BCUT2D eigenvalue weighted by atomic mass is 10.2. The molecule has 1 aromatic rings. The van der Waals surface area contributed by atoms with Gasteiger partial charge in [-0.15, -0.1) is 0 Å². The van der Waals surface area contributed by atoms with Crippen LogP contribution in [0.3, 0.4) is 0 Å². The van der Waals surface area contributed by atoms with Gasteiger partial charge in [-0.25, -0.2) is 4.39 Å². The highest BCUT2D eigenvalue weighted by atomic mass is 19.1. The van der Waals surface area contributed by atoms with Crippen LogP contribution in [0.4, 0.5) is 10.1 Å². The first-order chi connectivity index (χ1) is 8.19. The molecule has 0 unspecified atom stereocenters. The number of hydrogen-bond donors (Lipinski definition) is 1. The number of para-hydroxylation sites is 1. The summed E-state index contributed by atoms with van der Waals surface area (Å²) in [6.45, 7) is 2.28. The molecule has 1 N–H and O–H groups in total. The molecular formula is C12H14FNO3. The van der Waals surface area contributed by atoms with E-state index in [-0.39, 0.29) is 11.4 Å². The van der Waals surface area contributed by atoms with Crippen molar-refractivity contribution in [3.05, 3.63) is 36.4 Å². The van der Waals surface area contributed by atoms with E-state index in [1.54, 1.807) is 13.0 Å². The van der Waals surface area contributed by atoms with Crippen LogP contribution in [0.25, 0.3) is 0 Å². The molecule has 0 bridgehead atoms. The zero-order valence-electron chi connectivity index (χ0n) is 9.70. The lowest BCUT2D eigenvalue weighted by Crippen LogP contribution is -2.09. The molecule has 4 nitrogen and oxygen atoms in total. The number of carbonyl (C=O) groups excluding carboxylic acids is 1. The largest absolute Gasteiger partial charge is 0.501 e. The van der Waals surface area contributed by atoms with Crippen molar-refractivity contribution in [2.75, 3.05) is 19.0 Å². The minimum absolute atomic E-state index is 0.00524. The molecule has 0 fully saturated rings. The fourth-order valence-electron chi connectivity index (χ4n) is 1.20. The van der Waals surface area contributed by atoms with Gasteiger partial charge < -0.3 is 14.8 Å². The van der Waals surface area contributed by atoms with Gasteiger partial charge >= 0.3 is 0 Å². The van der Waals surface area contributed by atoms with Crippen molar-refractivity contribution in [3.63, 3.8) is 0 Å². The van der Waals surface area contributed by atoms with Gasteiger partial charge in [-0.1, -0.05) is 6.07 Å². The van der Waals surface area contributed by atoms with Crippen molar-refractivity contribution in [2.24, 2.45) is 0 Å². The molecule has 0 atom stereocenters. The van der Waals surface area contributed by atoms with E-state index in [0.29, 0.717) is 6.61 Å². The second kappa shape index (κ2) is 6.52. The third kappa shape index (κ3) is 3.79. The summed E-state index contributed by atoms with van der Waals surface area (Å²) in [7, 11) is 1.34. The molecule has 92 valence electrons. The number of benzene rings is 1. The molecule has 17 heavy (non-hydrogen) atoms. The van der Waals surface area contributed by atoms with Gasteiger partial charge in [0.1, 0.15) is 0 Å².